The Morgan fingerprint density at radius 3 is 2.30 bits per heavy atom. The van der Waals surface area contributed by atoms with Crippen LogP contribution < -0.4 is 5.69 Å². The average Bonchev–Trinajstić information content (AvgIpc) is 3.40. The predicted molar refractivity (Wildman–Crippen MR) is 137 cm³/mol. The molecule has 40 heavy (non-hydrogen) atoms. The normalized spacial score (nSPS) is 13.3. The van der Waals surface area contributed by atoms with Crippen LogP contribution in [0.1, 0.15) is 31.6 Å². The van der Waals surface area contributed by atoms with Crippen LogP contribution >= 0.6 is 34.8 Å². The highest BCUT2D eigenvalue weighted by atomic mass is 35.5. The lowest BCUT2D eigenvalue weighted by Crippen LogP contribution is -2.37. The van der Waals surface area contributed by atoms with E-state index in [9.17, 15) is 27.9 Å². The van der Waals surface area contributed by atoms with E-state index in [1.54, 1.807) is 0 Å². The number of esters is 1. The van der Waals surface area contributed by atoms with Crippen molar-refractivity contribution in [3.63, 3.8) is 0 Å². The zero-order valence-electron chi connectivity index (χ0n) is 20.6. The van der Waals surface area contributed by atoms with Gasteiger partial charge in [0.05, 0.1) is 16.6 Å². The summed E-state index contributed by atoms with van der Waals surface area (Å²) in [5, 5.41) is 18.8. The molecular weight excluding hydrogens is 602 g/mol. The lowest BCUT2D eigenvalue weighted by atomic mass is 10.2. The van der Waals surface area contributed by atoms with Gasteiger partial charge in [-0.05, 0) is 31.2 Å². The first kappa shape index (κ1) is 29.5. The van der Waals surface area contributed by atoms with Crippen LogP contribution in [0.25, 0.3) is 17.1 Å². The van der Waals surface area contributed by atoms with Crippen LogP contribution in [0.3, 0.4) is 0 Å². The fraction of sp³-hybridized carbons (Fsp3) is 0.304. The van der Waals surface area contributed by atoms with E-state index in [1.165, 1.54) is 55.2 Å². The molecule has 3 heterocycles. The van der Waals surface area contributed by atoms with Crippen LogP contribution in [0.4, 0.5) is 13.2 Å². The highest BCUT2D eigenvalue weighted by Crippen LogP contribution is 2.30. The molecule has 2 atom stereocenters. The van der Waals surface area contributed by atoms with Crippen molar-refractivity contribution < 1.29 is 27.8 Å². The van der Waals surface area contributed by atoms with Gasteiger partial charge in [-0.3, -0.25) is 14.3 Å². The van der Waals surface area contributed by atoms with Gasteiger partial charge < -0.3 is 9.84 Å². The Labute approximate surface area is 238 Å². The van der Waals surface area contributed by atoms with Crippen molar-refractivity contribution in [2.75, 3.05) is 0 Å². The first-order valence-electron chi connectivity index (χ1n) is 11.4. The molecule has 4 aromatic rings. The number of halogens is 6. The Kier molecular flexibility index (Phi) is 8.54. The molecule has 0 aliphatic carbocycles. The predicted octanol–water partition coefficient (Wildman–Crippen LogP) is 4.24. The molecule has 11 nitrogen and oxygen atoms in total. The van der Waals surface area contributed by atoms with Crippen LogP contribution in [0.2, 0.25) is 15.1 Å². The van der Waals surface area contributed by atoms with Crippen molar-refractivity contribution in [1.82, 2.24) is 34.1 Å². The summed E-state index contributed by atoms with van der Waals surface area (Å²) in [6, 6.07) is 5.87. The topological polar surface area (TPSA) is 130 Å². The summed E-state index contributed by atoms with van der Waals surface area (Å²) in [4.78, 5) is 33.1. The average molecular weight is 621 g/mol. The highest BCUT2D eigenvalue weighted by molar-refractivity contribution is 6.37. The van der Waals surface area contributed by atoms with Crippen molar-refractivity contribution in [3.05, 3.63) is 73.9 Å². The Bertz CT molecular complexity index is 1580. The number of aliphatic hydroxyl groups excluding tert-OH is 1. The van der Waals surface area contributed by atoms with E-state index in [1.807, 2.05) is 0 Å². The smallest absolute Gasteiger partial charge is 0.416 e. The second-order valence-electron chi connectivity index (χ2n) is 8.44. The van der Waals surface area contributed by atoms with E-state index in [-0.39, 0.29) is 38.8 Å². The maximum atomic E-state index is 13.2. The summed E-state index contributed by atoms with van der Waals surface area (Å²) in [6.07, 6.45) is -6.15. The number of ether oxygens (including phenoxy) is 1. The largest absolute Gasteiger partial charge is 0.455 e. The minimum absolute atomic E-state index is 0.0382. The maximum absolute atomic E-state index is 13.2. The van der Waals surface area contributed by atoms with Gasteiger partial charge in [0.1, 0.15) is 12.2 Å². The quantitative estimate of drug-likeness (QED) is 0.290. The summed E-state index contributed by atoms with van der Waals surface area (Å²) in [5.74, 6) is -0.721. The number of aliphatic hydroxyl groups is 1. The van der Waals surface area contributed by atoms with E-state index < -0.39 is 43.1 Å². The number of hydrogen-bond donors (Lipinski definition) is 1. The van der Waals surface area contributed by atoms with Crippen LogP contribution in [-0.2, 0) is 22.6 Å². The molecule has 0 spiro atoms. The third kappa shape index (κ3) is 6.30. The van der Waals surface area contributed by atoms with E-state index >= 15 is 0 Å². The SMILES string of the molecule is CC(=O)OC(C)c1nc(Cn2nc(-c3ccc(Cl)cc3)n(CC(O)C(F)(F)F)c2=O)nn1-c1c(Cl)cncc1Cl. The Morgan fingerprint density at radius 2 is 1.73 bits per heavy atom. The summed E-state index contributed by atoms with van der Waals surface area (Å²) >= 11 is 18.5. The minimum atomic E-state index is -4.98. The van der Waals surface area contributed by atoms with Crippen LogP contribution in [0, 0.1) is 0 Å². The molecule has 0 saturated carbocycles. The van der Waals surface area contributed by atoms with Gasteiger partial charge >= 0.3 is 17.8 Å². The number of alkyl halides is 3. The van der Waals surface area contributed by atoms with Gasteiger partial charge in [-0.15, -0.1) is 10.2 Å². The molecule has 0 aliphatic heterocycles. The fourth-order valence-electron chi connectivity index (χ4n) is 3.70. The highest BCUT2D eigenvalue weighted by Gasteiger charge is 2.39. The van der Waals surface area contributed by atoms with Crippen LogP contribution in [0.15, 0.2) is 41.5 Å². The van der Waals surface area contributed by atoms with Crippen molar-refractivity contribution in [2.45, 2.75) is 45.3 Å². The molecule has 17 heteroatoms. The molecule has 3 aromatic heterocycles. The van der Waals surface area contributed by atoms with Gasteiger partial charge in [0.15, 0.2) is 29.7 Å². The van der Waals surface area contributed by atoms with Gasteiger partial charge in [0, 0.05) is 29.9 Å². The number of pyridine rings is 1. The van der Waals surface area contributed by atoms with E-state index in [0.29, 0.717) is 9.59 Å². The van der Waals surface area contributed by atoms with E-state index in [2.05, 4.69) is 20.2 Å². The molecule has 0 bridgehead atoms. The third-order valence-electron chi connectivity index (χ3n) is 5.47. The number of aromatic nitrogens is 7. The summed E-state index contributed by atoms with van der Waals surface area (Å²) in [5.41, 5.74) is -0.536. The summed E-state index contributed by atoms with van der Waals surface area (Å²) in [6.45, 7) is 1.19. The molecule has 2 unspecified atom stereocenters. The number of hydrogen-bond acceptors (Lipinski definition) is 8. The molecule has 212 valence electrons. The van der Waals surface area contributed by atoms with E-state index in [0.717, 1.165) is 4.68 Å². The Balaban J connectivity index is 1.82. The summed E-state index contributed by atoms with van der Waals surface area (Å²) < 4.78 is 47.4. The first-order valence-corrected chi connectivity index (χ1v) is 12.5. The van der Waals surface area contributed by atoms with Crippen molar-refractivity contribution in [3.8, 4) is 17.1 Å². The Morgan fingerprint density at radius 1 is 1.10 bits per heavy atom. The Hall–Kier alpha value is -3.46. The number of nitrogens with zero attached hydrogens (tertiary/aromatic N) is 7. The van der Waals surface area contributed by atoms with Crippen molar-refractivity contribution in [2.24, 2.45) is 0 Å². The molecular formula is C23H19Cl3F3N7O4. The molecule has 0 radical (unpaired) electrons. The van der Waals surface area contributed by atoms with Crippen molar-refractivity contribution >= 4 is 40.8 Å². The maximum Gasteiger partial charge on any atom is 0.416 e. The third-order valence-corrected chi connectivity index (χ3v) is 6.28. The van der Waals surface area contributed by atoms with Crippen LogP contribution in [-0.4, -0.2) is 57.5 Å². The lowest BCUT2D eigenvalue weighted by molar-refractivity contribution is -0.207. The molecule has 0 amide bonds. The first-order chi connectivity index (χ1) is 18.8. The number of carbonyl (C=O) groups is 1. The summed E-state index contributed by atoms with van der Waals surface area (Å²) in [7, 11) is 0. The van der Waals surface area contributed by atoms with Gasteiger partial charge in [-0.2, -0.15) is 13.2 Å². The van der Waals surface area contributed by atoms with Crippen LogP contribution in [0.5, 0.6) is 0 Å². The van der Waals surface area contributed by atoms with Gasteiger partial charge in [0.2, 0.25) is 0 Å². The molecule has 1 aromatic carbocycles. The fourth-order valence-corrected chi connectivity index (χ4v) is 4.35. The number of carbonyl (C=O) groups excluding carboxylic acids is 1. The second-order valence-corrected chi connectivity index (χ2v) is 9.69. The van der Waals surface area contributed by atoms with Gasteiger partial charge in [-0.1, -0.05) is 34.8 Å². The molecule has 4 rings (SSSR count). The second kappa shape index (κ2) is 11.6. The zero-order chi connectivity index (χ0) is 29.4. The van der Waals surface area contributed by atoms with Gasteiger partial charge in [0.25, 0.3) is 0 Å². The standard InChI is InChI=1S/C23H19Cl3F3N7O4/c1-11(40-12(2)37)20-31-18(32-36(20)19-15(25)7-30-8-16(19)26)10-35-22(39)34(9-17(38)23(27,28)29)21(33-35)13-3-5-14(24)6-4-13/h3-8,11,17,38H,9-10H2,1-2H3. The monoisotopic (exact) mass is 619 g/mol. The number of rotatable bonds is 8. The van der Waals surface area contributed by atoms with Crippen molar-refractivity contribution in [1.29, 1.82) is 0 Å². The minimum Gasteiger partial charge on any atom is -0.455 e. The zero-order valence-corrected chi connectivity index (χ0v) is 22.9. The molecule has 1 N–H and O–H groups in total. The number of benzene rings is 1. The lowest BCUT2D eigenvalue weighted by Gasteiger charge is -2.15. The molecule has 0 saturated heterocycles. The van der Waals surface area contributed by atoms with Gasteiger partial charge in [-0.25, -0.2) is 19.1 Å². The molecule has 0 fully saturated rings. The van der Waals surface area contributed by atoms with E-state index in [4.69, 9.17) is 39.5 Å². The molecule has 0 aliphatic rings.